The molecule has 0 heterocycles. The van der Waals surface area contributed by atoms with Crippen LogP contribution in [0, 0.1) is 28.1 Å². The van der Waals surface area contributed by atoms with Gasteiger partial charge in [-0.2, -0.15) is 0 Å². The lowest BCUT2D eigenvalue weighted by Crippen LogP contribution is -2.53. The van der Waals surface area contributed by atoms with Crippen LogP contribution in [0.2, 0.25) is 0 Å². The van der Waals surface area contributed by atoms with Crippen molar-refractivity contribution < 1.29 is 10.2 Å². The van der Waals surface area contributed by atoms with E-state index in [1.54, 1.807) is 0 Å². The van der Waals surface area contributed by atoms with Crippen LogP contribution in [0.5, 0.6) is 0 Å². The molecular weight excluding hydrogens is 272 g/mol. The van der Waals surface area contributed by atoms with Gasteiger partial charge in [0.1, 0.15) is 0 Å². The first-order valence-electron chi connectivity index (χ1n) is 8.92. The Hall–Kier alpha value is -0.600. The van der Waals surface area contributed by atoms with Crippen molar-refractivity contribution in [1.82, 2.24) is 0 Å². The van der Waals surface area contributed by atoms with Gasteiger partial charge in [0.25, 0.3) is 0 Å². The molecule has 3 aliphatic rings. The monoisotopic (exact) mass is 304 g/mol. The second kappa shape index (κ2) is 5.21. The zero-order valence-electron chi connectivity index (χ0n) is 14.4. The summed E-state index contributed by atoms with van der Waals surface area (Å²) in [5.41, 5.74) is 1.71. The second-order valence-electron chi connectivity index (χ2n) is 8.88. The minimum absolute atomic E-state index is 0.0846. The minimum atomic E-state index is -0.409. The normalized spacial score (nSPS) is 51.5. The number of hydrogen-bond donors (Lipinski definition) is 2. The quantitative estimate of drug-likeness (QED) is 0.755. The van der Waals surface area contributed by atoms with E-state index in [9.17, 15) is 10.2 Å². The average molecular weight is 304 g/mol. The second-order valence-corrected chi connectivity index (χ2v) is 8.88. The molecule has 2 nitrogen and oxygen atoms in total. The van der Waals surface area contributed by atoms with Gasteiger partial charge in [-0.05, 0) is 61.2 Å². The Morgan fingerprint density at radius 1 is 1.27 bits per heavy atom. The Morgan fingerprint density at radius 2 is 2.00 bits per heavy atom. The molecule has 2 saturated carbocycles. The number of aliphatic hydroxyl groups is 2. The Labute approximate surface area is 135 Å². The van der Waals surface area contributed by atoms with Crippen LogP contribution in [0.15, 0.2) is 24.3 Å². The molecule has 0 spiro atoms. The van der Waals surface area contributed by atoms with Gasteiger partial charge in [0, 0.05) is 5.41 Å². The average Bonchev–Trinajstić information content (AvgIpc) is 2.51. The Bertz CT molecular complexity index is 496. The van der Waals surface area contributed by atoms with Gasteiger partial charge in [0.15, 0.2) is 0 Å². The molecule has 0 aromatic rings. The third-order valence-corrected chi connectivity index (χ3v) is 7.62. The van der Waals surface area contributed by atoms with Gasteiger partial charge in [-0.15, -0.1) is 6.58 Å². The zero-order chi connectivity index (χ0) is 16.2. The number of fused-ring (bicyclic) bond motifs is 3. The Kier molecular flexibility index (Phi) is 3.85. The molecule has 2 heteroatoms. The third-order valence-electron chi connectivity index (χ3n) is 7.62. The largest absolute Gasteiger partial charge is 0.396 e. The van der Waals surface area contributed by atoms with Crippen LogP contribution in [-0.2, 0) is 0 Å². The van der Waals surface area contributed by atoms with E-state index in [1.807, 2.05) is 0 Å². The van der Waals surface area contributed by atoms with E-state index < -0.39 is 6.10 Å². The molecule has 0 bridgehead atoms. The summed E-state index contributed by atoms with van der Waals surface area (Å²) in [6, 6.07) is 0. The zero-order valence-corrected chi connectivity index (χ0v) is 14.4. The number of hydrogen-bond acceptors (Lipinski definition) is 2. The fourth-order valence-electron chi connectivity index (χ4n) is 5.56. The lowest BCUT2D eigenvalue weighted by Gasteiger charge is -2.59. The standard InChI is InChI=1S/C20H32O2/c1-5-18(2)10-11-19(3)14(12-18)6-7-16-15(19)8-9-17(22)20(16,4)13-21/h5,8,14,16-17,21-22H,1,6-7,9-13H2,2-4H3/t14-,16+,17-,18+,19+,20+/m0/s1. The molecular formula is C20H32O2. The van der Waals surface area contributed by atoms with Crippen molar-refractivity contribution in [2.45, 2.75) is 65.4 Å². The van der Waals surface area contributed by atoms with E-state index in [-0.39, 0.29) is 22.9 Å². The predicted molar refractivity (Wildman–Crippen MR) is 90.4 cm³/mol. The van der Waals surface area contributed by atoms with Crippen molar-refractivity contribution >= 4 is 0 Å². The highest BCUT2D eigenvalue weighted by atomic mass is 16.3. The topological polar surface area (TPSA) is 40.5 Å². The molecule has 22 heavy (non-hydrogen) atoms. The molecule has 3 aliphatic carbocycles. The highest BCUT2D eigenvalue weighted by molar-refractivity contribution is 5.29. The first kappa shape index (κ1) is 16.3. The SMILES string of the molecule is C=C[C@]1(C)CC[C@@]2(C)C3=CC[C@H](O)[C@](C)(CO)[C@@H]3CC[C@H]2C1. The summed E-state index contributed by atoms with van der Waals surface area (Å²) in [5.74, 6) is 1.06. The fourth-order valence-corrected chi connectivity index (χ4v) is 5.56. The van der Waals surface area contributed by atoms with Gasteiger partial charge >= 0.3 is 0 Å². The molecule has 0 aromatic heterocycles. The summed E-state index contributed by atoms with van der Waals surface area (Å²) in [4.78, 5) is 0. The Morgan fingerprint density at radius 3 is 2.64 bits per heavy atom. The van der Waals surface area contributed by atoms with Gasteiger partial charge < -0.3 is 10.2 Å². The van der Waals surface area contributed by atoms with E-state index in [1.165, 1.54) is 31.3 Å². The van der Waals surface area contributed by atoms with Crippen LogP contribution in [0.25, 0.3) is 0 Å². The summed E-state index contributed by atoms with van der Waals surface area (Å²) < 4.78 is 0. The van der Waals surface area contributed by atoms with Crippen molar-refractivity contribution in [2.75, 3.05) is 6.61 Å². The van der Waals surface area contributed by atoms with Crippen molar-refractivity contribution in [2.24, 2.45) is 28.1 Å². The number of aliphatic hydroxyl groups excluding tert-OH is 2. The van der Waals surface area contributed by atoms with Gasteiger partial charge in [-0.1, -0.05) is 38.5 Å². The van der Waals surface area contributed by atoms with Gasteiger partial charge in [0.05, 0.1) is 12.7 Å². The van der Waals surface area contributed by atoms with Crippen LogP contribution >= 0.6 is 0 Å². The first-order chi connectivity index (χ1) is 10.3. The molecule has 0 saturated heterocycles. The van der Waals surface area contributed by atoms with Gasteiger partial charge in [-0.25, -0.2) is 0 Å². The van der Waals surface area contributed by atoms with E-state index >= 15 is 0 Å². The van der Waals surface area contributed by atoms with Crippen LogP contribution < -0.4 is 0 Å². The molecule has 124 valence electrons. The molecule has 0 aromatic carbocycles. The lowest BCUT2D eigenvalue weighted by atomic mass is 9.46. The lowest BCUT2D eigenvalue weighted by molar-refractivity contribution is -0.0741. The molecule has 6 atom stereocenters. The highest BCUT2D eigenvalue weighted by Crippen LogP contribution is 2.63. The van der Waals surface area contributed by atoms with Gasteiger partial charge in [-0.3, -0.25) is 0 Å². The van der Waals surface area contributed by atoms with Crippen molar-refractivity contribution in [1.29, 1.82) is 0 Å². The molecule has 2 fully saturated rings. The summed E-state index contributed by atoms with van der Waals surface area (Å²) in [6.45, 7) is 11.0. The fraction of sp³-hybridized carbons (Fsp3) is 0.800. The summed E-state index contributed by atoms with van der Waals surface area (Å²) in [5, 5.41) is 20.4. The molecule has 0 amide bonds. The van der Waals surface area contributed by atoms with E-state index in [0.717, 1.165) is 6.42 Å². The highest BCUT2D eigenvalue weighted by Gasteiger charge is 2.55. The summed E-state index contributed by atoms with van der Waals surface area (Å²) in [6.07, 6.45) is 10.7. The maximum atomic E-state index is 10.5. The van der Waals surface area contributed by atoms with Crippen molar-refractivity contribution in [3.8, 4) is 0 Å². The molecule has 0 radical (unpaired) electrons. The van der Waals surface area contributed by atoms with Gasteiger partial charge in [0.2, 0.25) is 0 Å². The summed E-state index contributed by atoms with van der Waals surface area (Å²) >= 11 is 0. The van der Waals surface area contributed by atoms with Crippen molar-refractivity contribution in [3.05, 3.63) is 24.3 Å². The molecule has 0 aliphatic heterocycles. The van der Waals surface area contributed by atoms with Crippen LogP contribution in [0.4, 0.5) is 0 Å². The van der Waals surface area contributed by atoms with Crippen molar-refractivity contribution in [3.63, 3.8) is 0 Å². The summed E-state index contributed by atoms with van der Waals surface area (Å²) in [7, 11) is 0. The van der Waals surface area contributed by atoms with E-state index in [4.69, 9.17) is 0 Å². The van der Waals surface area contributed by atoms with E-state index in [0.29, 0.717) is 18.3 Å². The number of allylic oxidation sites excluding steroid dienone is 2. The predicted octanol–water partition coefficient (Wildman–Crippen LogP) is 4.08. The molecule has 2 N–H and O–H groups in total. The molecule has 0 unspecified atom stereocenters. The smallest absolute Gasteiger partial charge is 0.0655 e. The maximum Gasteiger partial charge on any atom is 0.0655 e. The minimum Gasteiger partial charge on any atom is -0.396 e. The maximum absolute atomic E-state index is 10.5. The molecule has 3 rings (SSSR count). The third kappa shape index (κ3) is 2.14. The first-order valence-corrected chi connectivity index (χ1v) is 8.92. The van der Waals surface area contributed by atoms with Crippen LogP contribution in [-0.4, -0.2) is 22.9 Å². The van der Waals surface area contributed by atoms with Crippen LogP contribution in [0.3, 0.4) is 0 Å². The number of rotatable bonds is 2. The van der Waals surface area contributed by atoms with Crippen LogP contribution in [0.1, 0.15) is 59.3 Å². The Balaban J connectivity index is 1.95. The van der Waals surface area contributed by atoms with E-state index in [2.05, 4.69) is 39.5 Å².